The Morgan fingerprint density at radius 1 is 1.29 bits per heavy atom. The summed E-state index contributed by atoms with van der Waals surface area (Å²) in [4.78, 5) is 11.3. The van der Waals surface area contributed by atoms with E-state index in [2.05, 4.69) is 11.4 Å². The number of carbonyl (C=O) groups is 1. The van der Waals surface area contributed by atoms with Gasteiger partial charge in [0.1, 0.15) is 0 Å². The number of hydrogen-bond donors (Lipinski definition) is 2. The summed E-state index contributed by atoms with van der Waals surface area (Å²) in [5.41, 5.74) is 2.74. The molecule has 0 amide bonds. The molecule has 3 nitrogen and oxygen atoms in total. The highest BCUT2D eigenvalue weighted by Crippen LogP contribution is 2.35. The minimum atomic E-state index is -0.800. The topological polar surface area (TPSA) is 49.3 Å². The summed E-state index contributed by atoms with van der Waals surface area (Å²) >= 11 is 0. The van der Waals surface area contributed by atoms with Gasteiger partial charge in [0.25, 0.3) is 0 Å². The molecule has 0 radical (unpaired) electrons. The fourth-order valence-corrected chi connectivity index (χ4v) is 2.77. The summed E-state index contributed by atoms with van der Waals surface area (Å²) < 4.78 is 0. The Morgan fingerprint density at radius 2 is 2.12 bits per heavy atom. The summed E-state index contributed by atoms with van der Waals surface area (Å²) in [5.74, 6) is -0.800. The number of hydrogen-bond acceptors (Lipinski definition) is 2. The Kier molecular flexibility index (Phi) is 2.63. The molecule has 0 saturated heterocycles. The molecular weight excluding hydrogens is 214 g/mol. The van der Waals surface area contributed by atoms with Crippen molar-refractivity contribution in [1.29, 1.82) is 0 Å². The third-order valence-corrected chi connectivity index (χ3v) is 3.73. The molecule has 0 spiro atoms. The van der Waals surface area contributed by atoms with Crippen LogP contribution in [-0.2, 0) is 6.42 Å². The van der Waals surface area contributed by atoms with Crippen molar-refractivity contribution in [3.8, 4) is 0 Å². The molecule has 2 aliphatic rings. The number of rotatable bonds is 3. The molecule has 1 aromatic rings. The molecular formula is C14H17NO2. The minimum absolute atomic E-state index is 0.249. The Balaban J connectivity index is 1.99. The second-order valence-corrected chi connectivity index (χ2v) is 5.07. The van der Waals surface area contributed by atoms with Crippen molar-refractivity contribution in [3.05, 3.63) is 34.9 Å². The molecule has 1 unspecified atom stereocenters. The number of aromatic carboxylic acids is 1. The molecule has 2 N–H and O–H groups in total. The van der Waals surface area contributed by atoms with Crippen LogP contribution in [0.15, 0.2) is 18.2 Å². The molecule has 1 fully saturated rings. The Morgan fingerprint density at radius 3 is 2.82 bits per heavy atom. The van der Waals surface area contributed by atoms with Gasteiger partial charge in [0.2, 0.25) is 0 Å². The van der Waals surface area contributed by atoms with Crippen LogP contribution in [0.5, 0.6) is 0 Å². The first kappa shape index (κ1) is 10.8. The van der Waals surface area contributed by atoms with Crippen LogP contribution >= 0.6 is 0 Å². The molecule has 0 heterocycles. The van der Waals surface area contributed by atoms with E-state index in [0.717, 1.165) is 24.8 Å². The molecule has 3 rings (SSSR count). The van der Waals surface area contributed by atoms with E-state index in [0.29, 0.717) is 11.6 Å². The Hall–Kier alpha value is -1.35. The molecule has 90 valence electrons. The van der Waals surface area contributed by atoms with E-state index in [4.69, 9.17) is 0 Å². The van der Waals surface area contributed by atoms with Crippen LogP contribution in [0.3, 0.4) is 0 Å². The SMILES string of the molecule is O=C(O)c1cccc2c1C(NC1CC1)CCC2. The van der Waals surface area contributed by atoms with Crippen LogP contribution in [0.2, 0.25) is 0 Å². The number of fused-ring (bicyclic) bond motifs is 1. The van der Waals surface area contributed by atoms with Crippen molar-refractivity contribution in [2.24, 2.45) is 0 Å². The predicted octanol–water partition coefficient (Wildman–Crippen LogP) is 2.51. The van der Waals surface area contributed by atoms with Gasteiger partial charge in [-0.25, -0.2) is 4.79 Å². The van der Waals surface area contributed by atoms with Gasteiger partial charge in [0.15, 0.2) is 0 Å². The quantitative estimate of drug-likeness (QED) is 0.840. The van der Waals surface area contributed by atoms with Crippen molar-refractivity contribution in [1.82, 2.24) is 5.32 Å². The summed E-state index contributed by atoms with van der Waals surface area (Å²) in [5, 5.41) is 12.9. The molecule has 0 bridgehead atoms. The highest BCUT2D eigenvalue weighted by molar-refractivity contribution is 5.90. The number of benzene rings is 1. The summed E-state index contributed by atoms with van der Waals surface area (Å²) in [6.07, 6.45) is 5.70. The zero-order chi connectivity index (χ0) is 11.8. The standard InChI is InChI=1S/C14H17NO2/c16-14(17)11-5-1-3-9-4-2-6-12(13(9)11)15-10-7-8-10/h1,3,5,10,12,15H,2,4,6-8H2,(H,16,17). The van der Waals surface area contributed by atoms with Gasteiger partial charge in [0.05, 0.1) is 5.56 Å². The van der Waals surface area contributed by atoms with Crippen molar-refractivity contribution in [2.75, 3.05) is 0 Å². The maximum Gasteiger partial charge on any atom is 0.336 e. The highest BCUT2D eigenvalue weighted by atomic mass is 16.4. The van der Waals surface area contributed by atoms with E-state index in [9.17, 15) is 9.90 Å². The number of nitrogens with one attached hydrogen (secondary N) is 1. The second-order valence-electron chi connectivity index (χ2n) is 5.07. The van der Waals surface area contributed by atoms with E-state index in [1.165, 1.54) is 18.4 Å². The van der Waals surface area contributed by atoms with E-state index in [-0.39, 0.29) is 6.04 Å². The van der Waals surface area contributed by atoms with Gasteiger partial charge in [-0.05, 0) is 49.3 Å². The fraction of sp³-hybridized carbons (Fsp3) is 0.500. The minimum Gasteiger partial charge on any atom is -0.478 e. The fourth-order valence-electron chi connectivity index (χ4n) is 2.77. The number of carboxylic acid groups (broad SMARTS) is 1. The first-order chi connectivity index (χ1) is 8.25. The van der Waals surface area contributed by atoms with Crippen LogP contribution in [0.4, 0.5) is 0 Å². The zero-order valence-corrected chi connectivity index (χ0v) is 9.78. The van der Waals surface area contributed by atoms with E-state index < -0.39 is 5.97 Å². The van der Waals surface area contributed by atoms with Crippen molar-refractivity contribution in [2.45, 2.75) is 44.2 Å². The molecule has 3 heteroatoms. The lowest BCUT2D eigenvalue weighted by molar-refractivity contribution is 0.0694. The van der Waals surface area contributed by atoms with Crippen molar-refractivity contribution < 1.29 is 9.90 Å². The number of aryl methyl sites for hydroxylation is 1. The lowest BCUT2D eigenvalue weighted by Crippen LogP contribution is -2.28. The van der Waals surface area contributed by atoms with Crippen LogP contribution < -0.4 is 5.32 Å². The van der Waals surface area contributed by atoms with Crippen molar-refractivity contribution >= 4 is 5.97 Å². The van der Waals surface area contributed by atoms with Crippen LogP contribution in [0, 0.1) is 0 Å². The van der Waals surface area contributed by atoms with Crippen molar-refractivity contribution in [3.63, 3.8) is 0 Å². The largest absolute Gasteiger partial charge is 0.478 e. The van der Waals surface area contributed by atoms with E-state index in [1.807, 2.05) is 6.07 Å². The van der Waals surface area contributed by atoms with Gasteiger partial charge in [-0.3, -0.25) is 0 Å². The Labute approximate surface area is 101 Å². The summed E-state index contributed by atoms with van der Waals surface area (Å²) in [7, 11) is 0. The highest BCUT2D eigenvalue weighted by Gasteiger charge is 2.30. The maximum absolute atomic E-state index is 11.3. The molecule has 1 atom stereocenters. The normalized spacial score (nSPS) is 23.2. The molecule has 1 saturated carbocycles. The smallest absolute Gasteiger partial charge is 0.336 e. The lowest BCUT2D eigenvalue weighted by Gasteiger charge is -2.28. The van der Waals surface area contributed by atoms with Gasteiger partial charge in [0, 0.05) is 12.1 Å². The summed E-state index contributed by atoms with van der Waals surface area (Å²) in [6.45, 7) is 0. The third-order valence-electron chi connectivity index (χ3n) is 3.73. The average Bonchev–Trinajstić information content (AvgIpc) is 3.12. The molecule has 17 heavy (non-hydrogen) atoms. The number of carboxylic acids is 1. The van der Waals surface area contributed by atoms with E-state index >= 15 is 0 Å². The van der Waals surface area contributed by atoms with E-state index in [1.54, 1.807) is 6.07 Å². The first-order valence-corrected chi connectivity index (χ1v) is 6.37. The van der Waals surface area contributed by atoms with Gasteiger partial charge >= 0.3 is 5.97 Å². The van der Waals surface area contributed by atoms with Gasteiger partial charge in [-0.1, -0.05) is 12.1 Å². The van der Waals surface area contributed by atoms with Crippen LogP contribution in [0.25, 0.3) is 0 Å². The lowest BCUT2D eigenvalue weighted by atomic mass is 9.84. The molecule has 1 aromatic carbocycles. The zero-order valence-electron chi connectivity index (χ0n) is 9.78. The van der Waals surface area contributed by atoms with Crippen LogP contribution in [-0.4, -0.2) is 17.1 Å². The molecule has 0 aromatic heterocycles. The summed E-state index contributed by atoms with van der Waals surface area (Å²) in [6, 6.07) is 6.53. The first-order valence-electron chi connectivity index (χ1n) is 6.37. The Bertz CT molecular complexity index is 452. The van der Waals surface area contributed by atoms with Gasteiger partial charge < -0.3 is 10.4 Å². The molecule has 2 aliphatic carbocycles. The second kappa shape index (κ2) is 4.15. The van der Waals surface area contributed by atoms with Gasteiger partial charge in [-0.15, -0.1) is 0 Å². The van der Waals surface area contributed by atoms with Crippen LogP contribution in [0.1, 0.15) is 53.2 Å². The molecule has 0 aliphatic heterocycles. The maximum atomic E-state index is 11.3. The predicted molar refractivity (Wildman–Crippen MR) is 65.2 cm³/mol. The average molecular weight is 231 g/mol. The third kappa shape index (κ3) is 2.07. The monoisotopic (exact) mass is 231 g/mol. The van der Waals surface area contributed by atoms with Gasteiger partial charge in [-0.2, -0.15) is 0 Å².